The number of nitrogens with zero attached hydrogens (tertiary/aromatic N) is 6. The first kappa shape index (κ1) is 20.1. The van der Waals surface area contributed by atoms with Crippen LogP contribution in [0.3, 0.4) is 0 Å². The first-order valence-electron chi connectivity index (χ1n) is 9.71. The molecule has 0 N–H and O–H groups in total. The number of pyridine rings is 1. The number of benzene rings is 1. The topological polar surface area (TPSA) is 84.2 Å². The van der Waals surface area contributed by atoms with Crippen LogP contribution in [0.5, 0.6) is 0 Å². The minimum absolute atomic E-state index is 0.0382. The molecule has 8 nitrogen and oxygen atoms in total. The fourth-order valence-electron chi connectivity index (χ4n) is 3.35. The van der Waals surface area contributed by atoms with E-state index in [0.717, 1.165) is 11.3 Å². The molecule has 1 fully saturated rings. The molecule has 1 aromatic carbocycles. The van der Waals surface area contributed by atoms with Gasteiger partial charge >= 0.3 is 0 Å². The summed E-state index contributed by atoms with van der Waals surface area (Å²) in [6.07, 6.45) is 3.44. The monoisotopic (exact) mass is 422 g/mol. The van der Waals surface area contributed by atoms with Gasteiger partial charge in [0.15, 0.2) is 11.0 Å². The first-order valence-corrected chi connectivity index (χ1v) is 10.7. The van der Waals surface area contributed by atoms with Crippen LogP contribution in [0.1, 0.15) is 6.92 Å². The van der Waals surface area contributed by atoms with Gasteiger partial charge in [0.2, 0.25) is 11.8 Å². The zero-order valence-electron chi connectivity index (χ0n) is 16.6. The van der Waals surface area contributed by atoms with E-state index < -0.39 is 0 Å². The number of thioether (sulfide) groups is 1. The van der Waals surface area contributed by atoms with Crippen molar-refractivity contribution in [3.63, 3.8) is 0 Å². The molecule has 3 aromatic rings. The number of aromatic nitrogens is 4. The zero-order chi connectivity index (χ0) is 20.9. The predicted octanol–water partition coefficient (Wildman–Crippen LogP) is 2.11. The van der Waals surface area contributed by atoms with Gasteiger partial charge < -0.3 is 9.80 Å². The van der Waals surface area contributed by atoms with Crippen LogP contribution < -0.4 is 0 Å². The van der Waals surface area contributed by atoms with Crippen molar-refractivity contribution in [2.75, 3.05) is 31.9 Å². The van der Waals surface area contributed by atoms with Gasteiger partial charge in [0.05, 0.1) is 5.75 Å². The fraction of sp³-hybridized carbons (Fsp3) is 0.286. The lowest BCUT2D eigenvalue weighted by atomic mass is 10.2. The van der Waals surface area contributed by atoms with Gasteiger partial charge in [0.25, 0.3) is 0 Å². The number of rotatable bonds is 5. The van der Waals surface area contributed by atoms with E-state index in [-0.39, 0.29) is 17.6 Å². The summed E-state index contributed by atoms with van der Waals surface area (Å²) >= 11 is 1.37. The van der Waals surface area contributed by atoms with Crippen molar-refractivity contribution in [3.8, 4) is 17.1 Å². The second-order valence-electron chi connectivity index (χ2n) is 6.89. The van der Waals surface area contributed by atoms with E-state index >= 15 is 0 Å². The van der Waals surface area contributed by atoms with Gasteiger partial charge in [0, 0.05) is 56.7 Å². The van der Waals surface area contributed by atoms with E-state index in [1.165, 1.54) is 11.8 Å². The van der Waals surface area contributed by atoms with Gasteiger partial charge in [0.1, 0.15) is 0 Å². The normalized spacial score (nSPS) is 14.0. The molecule has 30 heavy (non-hydrogen) atoms. The number of carbonyl (C=O) groups is 2. The van der Waals surface area contributed by atoms with Crippen molar-refractivity contribution in [2.45, 2.75) is 12.1 Å². The Morgan fingerprint density at radius 1 is 0.933 bits per heavy atom. The number of hydrogen-bond acceptors (Lipinski definition) is 6. The molecular formula is C21H22N6O2S. The van der Waals surface area contributed by atoms with Crippen molar-refractivity contribution in [1.29, 1.82) is 0 Å². The Hall–Kier alpha value is -3.20. The van der Waals surface area contributed by atoms with E-state index in [1.807, 2.05) is 47.0 Å². The second-order valence-corrected chi connectivity index (χ2v) is 7.83. The van der Waals surface area contributed by atoms with Gasteiger partial charge in [-0.3, -0.25) is 19.1 Å². The maximum Gasteiger partial charge on any atom is 0.233 e. The molecule has 3 heterocycles. The van der Waals surface area contributed by atoms with E-state index in [0.29, 0.717) is 37.2 Å². The van der Waals surface area contributed by atoms with Crippen LogP contribution in [0.25, 0.3) is 17.1 Å². The fourth-order valence-corrected chi connectivity index (χ4v) is 4.20. The summed E-state index contributed by atoms with van der Waals surface area (Å²) < 4.78 is 1.96. The smallest absolute Gasteiger partial charge is 0.233 e. The molecule has 0 atom stereocenters. The van der Waals surface area contributed by atoms with Gasteiger partial charge in [-0.2, -0.15) is 0 Å². The van der Waals surface area contributed by atoms with E-state index in [1.54, 1.807) is 29.1 Å². The molecular weight excluding hydrogens is 400 g/mol. The number of para-hydroxylation sites is 1. The molecule has 1 saturated heterocycles. The highest BCUT2D eigenvalue weighted by atomic mass is 32.2. The van der Waals surface area contributed by atoms with E-state index in [4.69, 9.17) is 0 Å². The average molecular weight is 423 g/mol. The molecule has 2 amide bonds. The Bertz CT molecular complexity index is 1020. The molecule has 0 radical (unpaired) electrons. The van der Waals surface area contributed by atoms with Gasteiger partial charge in [-0.25, -0.2) is 0 Å². The summed E-state index contributed by atoms with van der Waals surface area (Å²) in [5, 5.41) is 9.39. The highest BCUT2D eigenvalue weighted by Gasteiger charge is 2.23. The molecule has 0 saturated carbocycles. The largest absolute Gasteiger partial charge is 0.339 e. The maximum absolute atomic E-state index is 12.7. The Labute approximate surface area is 178 Å². The molecule has 9 heteroatoms. The number of piperazine rings is 1. The third-order valence-electron chi connectivity index (χ3n) is 4.99. The van der Waals surface area contributed by atoms with Crippen LogP contribution in [0.15, 0.2) is 60.0 Å². The van der Waals surface area contributed by atoms with E-state index in [9.17, 15) is 9.59 Å². The maximum atomic E-state index is 12.7. The van der Waals surface area contributed by atoms with Gasteiger partial charge in [-0.1, -0.05) is 30.0 Å². The Kier molecular flexibility index (Phi) is 6.08. The first-order chi connectivity index (χ1) is 14.6. The molecule has 154 valence electrons. The molecule has 0 aliphatic carbocycles. The molecule has 2 aromatic heterocycles. The van der Waals surface area contributed by atoms with Crippen LogP contribution in [0.2, 0.25) is 0 Å². The predicted molar refractivity (Wildman–Crippen MR) is 114 cm³/mol. The van der Waals surface area contributed by atoms with Crippen molar-refractivity contribution in [1.82, 2.24) is 29.5 Å². The zero-order valence-corrected chi connectivity index (χ0v) is 17.5. The van der Waals surface area contributed by atoms with Gasteiger partial charge in [-0.15, -0.1) is 10.2 Å². The van der Waals surface area contributed by atoms with Crippen LogP contribution in [-0.4, -0.2) is 73.3 Å². The van der Waals surface area contributed by atoms with Crippen LogP contribution in [-0.2, 0) is 9.59 Å². The summed E-state index contributed by atoms with van der Waals surface area (Å²) in [7, 11) is 0. The van der Waals surface area contributed by atoms with Crippen molar-refractivity contribution in [2.24, 2.45) is 0 Å². The molecule has 1 aliphatic rings. The molecule has 0 spiro atoms. The number of amides is 2. The summed E-state index contributed by atoms with van der Waals surface area (Å²) in [6.45, 7) is 3.85. The standard InChI is InChI=1S/C21H22N6O2S/c1-16(28)25-11-13-26(14-12-25)19(29)15-30-21-24-23-20(17-7-9-22-10-8-17)27(21)18-5-3-2-4-6-18/h2-10H,11-15H2,1H3. The lowest BCUT2D eigenvalue weighted by molar-refractivity contribution is -0.136. The molecule has 0 unspecified atom stereocenters. The van der Waals surface area contributed by atoms with Crippen molar-refractivity contribution >= 4 is 23.6 Å². The lowest BCUT2D eigenvalue weighted by Crippen LogP contribution is -2.50. The molecule has 1 aliphatic heterocycles. The van der Waals surface area contributed by atoms with E-state index in [2.05, 4.69) is 15.2 Å². The third-order valence-corrected chi connectivity index (χ3v) is 5.90. The van der Waals surface area contributed by atoms with Crippen molar-refractivity contribution < 1.29 is 9.59 Å². The molecule has 0 bridgehead atoms. The van der Waals surface area contributed by atoms with Crippen LogP contribution in [0, 0.1) is 0 Å². The quantitative estimate of drug-likeness (QED) is 0.586. The Balaban J connectivity index is 1.51. The van der Waals surface area contributed by atoms with Gasteiger partial charge in [-0.05, 0) is 24.3 Å². The third kappa shape index (κ3) is 4.35. The second kappa shape index (κ2) is 9.08. The summed E-state index contributed by atoms with van der Waals surface area (Å²) in [6, 6.07) is 13.6. The Morgan fingerprint density at radius 3 is 2.27 bits per heavy atom. The van der Waals surface area contributed by atoms with Crippen LogP contribution in [0.4, 0.5) is 0 Å². The Morgan fingerprint density at radius 2 is 1.60 bits per heavy atom. The number of carbonyl (C=O) groups excluding carboxylic acids is 2. The SMILES string of the molecule is CC(=O)N1CCN(C(=O)CSc2nnc(-c3ccncc3)n2-c2ccccc2)CC1. The molecule has 4 rings (SSSR count). The lowest BCUT2D eigenvalue weighted by Gasteiger charge is -2.34. The average Bonchev–Trinajstić information content (AvgIpc) is 3.22. The highest BCUT2D eigenvalue weighted by Crippen LogP contribution is 2.27. The minimum atomic E-state index is 0.0382. The summed E-state index contributed by atoms with van der Waals surface area (Å²) in [5.74, 6) is 1.06. The van der Waals surface area contributed by atoms with Crippen LogP contribution >= 0.6 is 11.8 Å². The summed E-state index contributed by atoms with van der Waals surface area (Å²) in [5.41, 5.74) is 1.83. The number of hydrogen-bond donors (Lipinski definition) is 0. The summed E-state index contributed by atoms with van der Waals surface area (Å²) in [4.78, 5) is 31.8. The van der Waals surface area contributed by atoms with Crippen molar-refractivity contribution in [3.05, 3.63) is 54.9 Å². The minimum Gasteiger partial charge on any atom is -0.339 e. The highest BCUT2D eigenvalue weighted by molar-refractivity contribution is 7.99.